The van der Waals surface area contributed by atoms with Crippen molar-refractivity contribution in [1.82, 2.24) is 14.8 Å². The minimum Gasteiger partial charge on any atom is -0.339 e. The van der Waals surface area contributed by atoms with Crippen LogP contribution in [0, 0.1) is 5.41 Å². The molecule has 1 atom stereocenters. The normalized spacial score (nSPS) is 21.4. The summed E-state index contributed by atoms with van der Waals surface area (Å²) in [6, 6.07) is 14.1. The number of aromatic nitrogens is 1. The van der Waals surface area contributed by atoms with Crippen LogP contribution >= 0.6 is 0 Å². The second-order valence-corrected chi connectivity index (χ2v) is 7.80. The van der Waals surface area contributed by atoms with Crippen molar-refractivity contribution in [2.45, 2.75) is 38.8 Å². The van der Waals surface area contributed by atoms with Gasteiger partial charge in [0.05, 0.1) is 11.5 Å². The molecule has 2 aliphatic rings. The highest BCUT2D eigenvalue weighted by Crippen LogP contribution is 2.56. The molecule has 2 saturated heterocycles. The van der Waals surface area contributed by atoms with Gasteiger partial charge in [0.1, 0.15) is 0 Å². The molecule has 1 aromatic heterocycles. The van der Waals surface area contributed by atoms with Crippen LogP contribution in [0.5, 0.6) is 0 Å². The van der Waals surface area contributed by atoms with E-state index in [0.29, 0.717) is 31.5 Å². The fourth-order valence-corrected chi connectivity index (χ4v) is 4.61. The van der Waals surface area contributed by atoms with E-state index >= 15 is 0 Å². The third-order valence-electron chi connectivity index (χ3n) is 6.00. The second kappa shape index (κ2) is 6.80. The van der Waals surface area contributed by atoms with E-state index in [9.17, 15) is 9.59 Å². The number of likely N-dealkylation sites (tertiary alicyclic amines) is 2. The Morgan fingerprint density at radius 1 is 1.07 bits per heavy atom. The molecule has 0 aliphatic carbocycles. The molecule has 0 N–H and O–H groups in total. The third-order valence-corrected chi connectivity index (χ3v) is 6.00. The van der Waals surface area contributed by atoms with Crippen molar-refractivity contribution in [3.05, 3.63) is 66.0 Å². The lowest BCUT2D eigenvalue weighted by Gasteiger charge is -2.60. The molecule has 2 aromatic rings. The minimum absolute atomic E-state index is 0.0241. The van der Waals surface area contributed by atoms with Crippen LogP contribution in [0.4, 0.5) is 0 Å². The Labute approximate surface area is 160 Å². The fraction of sp³-hybridized carbons (Fsp3) is 0.409. The van der Waals surface area contributed by atoms with Gasteiger partial charge < -0.3 is 9.80 Å². The summed E-state index contributed by atoms with van der Waals surface area (Å²) < 4.78 is 0. The Hall–Kier alpha value is -2.69. The maximum Gasteiger partial charge on any atom is 0.253 e. The predicted molar refractivity (Wildman–Crippen MR) is 103 cm³/mol. The van der Waals surface area contributed by atoms with Gasteiger partial charge in [0.25, 0.3) is 5.91 Å². The number of β-lactam (4-membered cyclic amide) rings is 1. The zero-order chi connectivity index (χ0) is 19.0. The van der Waals surface area contributed by atoms with Crippen molar-refractivity contribution in [1.29, 1.82) is 0 Å². The maximum atomic E-state index is 13.1. The Morgan fingerprint density at radius 3 is 2.30 bits per heavy atom. The summed E-state index contributed by atoms with van der Waals surface area (Å²) in [5.41, 5.74) is 1.48. The molecular weight excluding hydrogens is 338 g/mol. The van der Waals surface area contributed by atoms with Crippen LogP contribution in [0.2, 0.25) is 0 Å². The van der Waals surface area contributed by atoms with Gasteiger partial charge >= 0.3 is 0 Å². The van der Waals surface area contributed by atoms with E-state index in [2.05, 4.69) is 31.0 Å². The molecule has 1 spiro atoms. The van der Waals surface area contributed by atoms with Crippen molar-refractivity contribution < 1.29 is 9.59 Å². The van der Waals surface area contributed by atoms with E-state index in [-0.39, 0.29) is 29.3 Å². The number of hydrogen-bond donors (Lipinski definition) is 0. The van der Waals surface area contributed by atoms with Gasteiger partial charge in [-0.1, -0.05) is 30.3 Å². The van der Waals surface area contributed by atoms with Crippen molar-refractivity contribution in [3.63, 3.8) is 0 Å². The molecule has 1 unspecified atom stereocenters. The lowest BCUT2D eigenvalue weighted by atomic mass is 9.61. The number of hydrogen-bond acceptors (Lipinski definition) is 3. The van der Waals surface area contributed by atoms with Gasteiger partial charge in [-0.05, 0) is 44.4 Å². The van der Waals surface area contributed by atoms with Crippen molar-refractivity contribution in [2.24, 2.45) is 5.41 Å². The maximum absolute atomic E-state index is 13.1. The molecule has 140 valence electrons. The first-order valence-electron chi connectivity index (χ1n) is 9.61. The predicted octanol–water partition coefficient (Wildman–Crippen LogP) is 3.30. The number of amides is 2. The van der Waals surface area contributed by atoms with Crippen LogP contribution in [-0.2, 0) is 4.79 Å². The number of rotatable bonds is 3. The van der Waals surface area contributed by atoms with Crippen LogP contribution in [0.25, 0.3) is 0 Å². The minimum atomic E-state index is -0.374. The van der Waals surface area contributed by atoms with Crippen molar-refractivity contribution in [2.75, 3.05) is 13.1 Å². The van der Waals surface area contributed by atoms with E-state index in [1.807, 2.05) is 28.0 Å². The number of carbonyl (C=O) groups excluding carboxylic acids is 2. The molecule has 27 heavy (non-hydrogen) atoms. The third kappa shape index (κ3) is 2.82. The van der Waals surface area contributed by atoms with E-state index in [0.717, 1.165) is 0 Å². The Balaban J connectivity index is 1.55. The Bertz CT molecular complexity index is 827. The molecule has 2 aliphatic heterocycles. The second-order valence-electron chi connectivity index (χ2n) is 7.80. The lowest BCUT2D eigenvalue weighted by Crippen LogP contribution is -2.68. The SMILES string of the molecule is CC(C)N1C(=O)C2(CCN(C(=O)c3ccncc3)CC2)C1c1ccccc1. The Morgan fingerprint density at radius 2 is 1.70 bits per heavy atom. The van der Waals surface area contributed by atoms with Crippen molar-refractivity contribution >= 4 is 11.8 Å². The van der Waals surface area contributed by atoms with Gasteiger partial charge in [-0.3, -0.25) is 14.6 Å². The summed E-state index contributed by atoms with van der Waals surface area (Å²) in [6.07, 6.45) is 4.71. The molecule has 0 radical (unpaired) electrons. The average molecular weight is 363 g/mol. The van der Waals surface area contributed by atoms with Crippen LogP contribution in [0.15, 0.2) is 54.9 Å². The van der Waals surface area contributed by atoms with Gasteiger partial charge in [-0.25, -0.2) is 0 Å². The lowest BCUT2D eigenvalue weighted by molar-refractivity contribution is -0.184. The zero-order valence-electron chi connectivity index (χ0n) is 15.8. The van der Waals surface area contributed by atoms with Crippen LogP contribution in [0.3, 0.4) is 0 Å². The van der Waals surface area contributed by atoms with Crippen LogP contribution in [-0.4, -0.2) is 45.7 Å². The summed E-state index contributed by atoms with van der Waals surface area (Å²) in [6.45, 7) is 5.37. The van der Waals surface area contributed by atoms with Crippen LogP contribution < -0.4 is 0 Å². The zero-order valence-corrected chi connectivity index (χ0v) is 15.8. The van der Waals surface area contributed by atoms with Gasteiger partial charge in [-0.15, -0.1) is 0 Å². The summed E-state index contributed by atoms with van der Waals surface area (Å²) >= 11 is 0. The Kier molecular flexibility index (Phi) is 4.46. The highest BCUT2D eigenvalue weighted by Gasteiger charge is 2.62. The molecule has 4 rings (SSSR count). The van der Waals surface area contributed by atoms with Crippen LogP contribution in [0.1, 0.15) is 48.7 Å². The summed E-state index contributed by atoms with van der Waals surface area (Å²) in [4.78, 5) is 33.7. The molecule has 2 amide bonds. The smallest absolute Gasteiger partial charge is 0.253 e. The monoisotopic (exact) mass is 363 g/mol. The first-order chi connectivity index (χ1) is 13.0. The van der Waals surface area contributed by atoms with Gasteiger partial charge in [0.15, 0.2) is 0 Å². The van der Waals surface area contributed by atoms with E-state index in [4.69, 9.17) is 0 Å². The summed E-state index contributed by atoms with van der Waals surface area (Å²) in [5.74, 6) is 0.262. The average Bonchev–Trinajstić information content (AvgIpc) is 2.72. The topological polar surface area (TPSA) is 53.5 Å². The number of benzene rings is 1. The van der Waals surface area contributed by atoms with Gasteiger partial charge in [0.2, 0.25) is 5.91 Å². The molecule has 2 fully saturated rings. The largest absolute Gasteiger partial charge is 0.339 e. The van der Waals surface area contributed by atoms with Gasteiger partial charge in [0, 0.05) is 37.1 Å². The van der Waals surface area contributed by atoms with E-state index in [1.54, 1.807) is 24.5 Å². The molecule has 0 saturated carbocycles. The van der Waals surface area contributed by atoms with Crippen molar-refractivity contribution in [3.8, 4) is 0 Å². The van der Waals surface area contributed by atoms with E-state index in [1.165, 1.54) is 5.56 Å². The molecule has 1 aromatic carbocycles. The number of piperidine rings is 1. The fourth-order valence-electron chi connectivity index (χ4n) is 4.61. The summed E-state index contributed by atoms with van der Waals surface area (Å²) in [7, 11) is 0. The van der Waals surface area contributed by atoms with E-state index < -0.39 is 0 Å². The highest BCUT2D eigenvalue weighted by atomic mass is 16.2. The molecule has 5 heteroatoms. The number of carbonyl (C=O) groups is 2. The molecular formula is C22H25N3O2. The number of nitrogens with zero attached hydrogens (tertiary/aromatic N) is 3. The highest BCUT2D eigenvalue weighted by molar-refractivity contribution is 5.95. The first-order valence-corrected chi connectivity index (χ1v) is 9.61. The summed E-state index contributed by atoms with van der Waals surface area (Å²) in [5, 5.41) is 0. The first kappa shape index (κ1) is 17.7. The molecule has 3 heterocycles. The molecule has 0 bridgehead atoms. The molecule has 5 nitrogen and oxygen atoms in total. The standard InChI is InChI=1S/C22H25N3O2/c1-16(2)25-19(17-6-4-3-5-7-17)22(21(25)27)10-14-24(15-11-22)20(26)18-8-12-23-13-9-18/h3-9,12-13,16,19H,10-11,14-15H2,1-2H3. The quantitative estimate of drug-likeness (QED) is 0.786. The van der Waals surface area contributed by atoms with Gasteiger partial charge in [-0.2, -0.15) is 0 Å². The number of pyridine rings is 1.